The Bertz CT molecular complexity index is 3160. The molecule has 11 atom stereocenters. The number of carboxylic acids is 2. The number of carboxylic acid groups (broad SMARTS) is 2. The number of nitrogens with one attached hydrogen (secondary N) is 9. The van der Waals surface area contributed by atoms with Crippen LogP contribution in [-0.2, 0) is 83.2 Å². The summed E-state index contributed by atoms with van der Waals surface area (Å²) < 4.78 is 0. The third kappa shape index (κ3) is 24.9. The molecule has 4 rings (SSSR count). The number of aliphatic carboxylic acids is 2. The van der Waals surface area contributed by atoms with E-state index in [2.05, 4.69) is 47.9 Å². The molecule has 0 aliphatic heterocycles. The second-order valence-corrected chi connectivity index (χ2v) is 22.5. The Hall–Kier alpha value is -9.81. The molecule has 0 saturated heterocycles. The fourth-order valence-electron chi connectivity index (χ4n) is 9.06. The summed E-state index contributed by atoms with van der Waals surface area (Å²) in [5.74, 6) is -14.4. The van der Waals surface area contributed by atoms with Crippen molar-refractivity contribution >= 4 is 82.8 Å². The van der Waals surface area contributed by atoms with Crippen LogP contribution in [0.25, 0.3) is 0 Å². The lowest BCUT2D eigenvalue weighted by atomic mass is 9.96. The highest BCUT2D eigenvalue weighted by molar-refractivity contribution is 7.98. The van der Waals surface area contributed by atoms with Gasteiger partial charge in [-0.1, -0.05) is 87.0 Å². The van der Waals surface area contributed by atoms with E-state index in [0.29, 0.717) is 22.3 Å². The number of aliphatic hydroxyl groups is 1. The van der Waals surface area contributed by atoms with Gasteiger partial charge in [-0.05, 0) is 89.9 Å². The molecule has 0 saturated carbocycles. The SMILES string of the molecule is CC[C@H](C)[C@H](NC(=O)[C@H](Cc1ccccc1)NC(=O)[C@@H](NC(=O)[C@H](Cc1ccc(O)cc1)NC(=O)CN)[C@@H](C)O)C(=O)N[C@@H](CC(=O)O)C(=O)N[C@@H](Cc1ccc(O)cc1)C(=O)N[C@@H](Cc1ccc(O)cc1)C(=O)N[C@@H](CCSC)C(=O)N[C@@H](CC(N)=O)C(=O)O. The van der Waals surface area contributed by atoms with Crippen molar-refractivity contribution in [3.05, 3.63) is 125 Å². The highest BCUT2D eigenvalue weighted by atomic mass is 32.2. The summed E-state index contributed by atoms with van der Waals surface area (Å²) in [5, 5.41) is 82.8. The summed E-state index contributed by atoms with van der Waals surface area (Å²) in [6.45, 7) is 3.88. The summed E-state index contributed by atoms with van der Waals surface area (Å²) in [6.07, 6.45) is -2.84. The number of amides is 10. The lowest BCUT2D eigenvalue weighted by Gasteiger charge is -2.30. The number of aromatic hydroxyl groups is 3. The van der Waals surface area contributed by atoms with Crippen LogP contribution in [0.5, 0.6) is 17.2 Å². The van der Waals surface area contributed by atoms with Gasteiger partial charge < -0.3 is 90.0 Å². The zero-order chi connectivity index (χ0) is 67.5. The number of benzene rings is 4. The molecule has 0 aliphatic rings. The zero-order valence-electron chi connectivity index (χ0n) is 50.4. The first-order chi connectivity index (χ1) is 43.1. The van der Waals surface area contributed by atoms with Gasteiger partial charge in [0.15, 0.2) is 0 Å². The van der Waals surface area contributed by atoms with Gasteiger partial charge in [0.05, 0.1) is 25.5 Å². The summed E-state index contributed by atoms with van der Waals surface area (Å²) >= 11 is 1.27. The minimum Gasteiger partial charge on any atom is -0.508 e. The van der Waals surface area contributed by atoms with Crippen molar-refractivity contribution in [1.29, 1.82) is 0 Å². The number of aliphatic hydroxyl groups excluding tert-OH is 1. The highest BCUT2D eigenvalue weighted by Gasteiger charge is 2.38. The minimum absolute atomic E-state index is 0.0714. The predicted molar refractivity (Wildman–Crippen MR) is 330 cm³/mol. The van der Waals surface area contributed by atoms with Crippen LogP contribution in [0, 0.1) is 5.92 Å². The molecule has 10 amide bonds. The fraction of sp³-hybridized carbons (Fsp3) is 0.410. The van der Waals surface area contributed by atoms with Crippen LogP contribution in [0.1, 0.15) is 68.7 Å². The number of rotatable bonds is 37. The van der Waals surface area contributed by atoms with Crippen molar-refractivity contribution in [1.82, 2.24) is 47.9 Å². The summed E-state index contributed by atoms with van der Waals surface area (Å²) in [6, 6.07) is 9.87. The monoisotopic (exact) mass is 1290 g/mol. The van der Waals surface area contributed by atoms with Crippen LogP contribution in [0.3, 0.4) is 0 Å². The predicted octanol–water partition coefficient (Wildman–Crippen LogP) is -1.99. The maximum atomic E-state index is 14.7. The number of phenols is 3. The van der Waals surface area contributed by atoms with Crippen molar-refractivity contribution in [2.75, 3.05) is 18.6 Å². The molecule has 30 heteroatoms. The second kappa shape index (κ2) is 36.6. The number of thioether (sulfide) groups is 1. The van der Waals surface area contributed by atoms with E-state index in [4.69, 9.17) is 11.5 Å². The lowest BCUT2D eigenvalue weighted by Crippen LogP contribution is -2.62. The molecule has 0 unspecified atom stereocenters. The lowest BCUT2D eigenvalue weighted by molar-refractivity contribution is -0.144. The molecule has 0 aromatic heterocycles. The van der Waals surface area contributed by atoms with E-state index in [1.807, 2.05) is 0 Å². The maximum Gasteiger partial charge on any atom is 0.326 e. The third-order valence-corrected chi connectivity index (χ3v) is 14.9. The van der Waals surface area contributed by atoms with Crippen molar-refractivity contribution in [3.63, 3.8) is 0 Å². The smallest absolute Gasteiger partial charge is 0.326 e. The van der Waals surface area contributed by atoms with Crippen LogP contribution in [0.15, 0.2) is 103 Å². The van der Waals surface area contributed by atoms with Gasteiger partial charge in [0.1, 0.15) is 71.6 Å². The van der Waals surface area contributed by atoms with Gasteiger partial charge >= 0.3 is 11.9 Å². The van der Waals surface area contributed by atoms with Crippen molar-refractivity contribution in [2.45, 2.75) is 133 Å². The average Bonchev–Trinajstić information content (AvgIpc) is 1.33. The van der Waals surface area contributed by atoms with Crippen LogP contribution in [0.4, 0.5) is 0 Å². The normalized spacial score (nSPS) is 14.6. The summed E-state index contributed by atoms with van der Waals surface area (Å²) in [7, 11) is 0. The van der Waals surface area contributed by atoms with E-state index in [-0.39, 0.29) is 55.1 Å². The molecule has 0 aliphatic carbocycles. The van der Waals surface area contributed by atoms with E-state index in [1.54, 1.807) is 50.4 Å². The summed E-state index contributed by atoms with van der Waals surface area (Å²) in [4.78, 5) is 163. The van der Waals surface area contributed by atoms with E-state index >= 15 is 0 Å². The first-order valence-electron chi connectivity index (χ1n) is 28.8. The van der Waals surface area contributed by atoms with E-state index < -0.39 is 163 Å². The van der Waals surface area contributed by atoms with Crippen molar-refractivity contribution in [2.24, 2.45) is 17.4 Å². The van der Waals surface area contributed by atoms with E-state index in [0.717, 1.165) is 0 Å². The minimum atomic E-state index is -2.00. The van der Waals surface area contributed by atoms with Gasteiger partial charge in [-0.15, -0.1) is 0 Å². The Labute approximate surface area is 528 Å². The van der Waals surface area contributed by atoms with Crippen molar-refractivity contribution in [3.8, 4) is 17.2 Å². The first-order valence-corrected chi connectivity index (χ1v) is 30.2. The number of hydrogen-bond acceptors (Lipinski definition) is 18. The molecular weight excluding hydrogens is 1210 g/mol. The highest BCUT2D eigenvalue weighted by Crippen LogP contribution is 2.18. The quantitative estimate of drug-likeness (QED) is 0.0232. The van der Waals surface area contributed by atoms with Gasteiger partial charge in [0, 0.05) is 25.7 Å². The van der Waals surface area contributed by atoms with Gasteiger partial charge in [0.25, 0.3) is 0 Å². The number of carbonyl (C=O) groups is 12. The Morgan fingerprint density at radius 1 is 0.451 bits per heavy atom. The molecule has 492 valence electrons. The maximum absolute atomic E-state index is 14.7. The van der Waals surface area contributed by atoms with Crippen molar-refractivity contribution < 1.29 is 88.2 Å². The molecule has 0 heterocycles. The zero-order valence-corrected chi connectivity index (χ0v) is 51.2. The molecule has 0 spiro atoms. The van der Waals surface area contributed by atoms with Crippen LogP contribution in [0.2, 0.25) is 0 Å². The summed E-state index contributed by atoms with van der Waals surface area (Å²) in [5.41, 5.74) is 12.4. The fourth-order valence-corrected chi connectivity index (χ4v) is 9.53. The number of primary amides is 1. The molecule has 29 nitrogen and oxygen atoms in total. The standard InChI is InChI=1S/C61H79N11O18S/c1-5-32(2)51(71-58(86)45(25-34-9-7-6-8-10-34)68-60(88)52(33(3)73)72-57(85)42(64-49(78)31-62)26-35-11-17-38(74)18-12-35)59(87)69-46(30-50(79)80)56(84)67-44(28-37-15-21-40(76)22-16-37)55(83)66-43(27-36-13-19-39(75)20-14-36)54(82)65-41(23-24-91-4)53(81)70-47(61(89)90)29-48(63)77/h6-22,32-33,41-47,51-52,73-76H,5,23-31,62H2,1-4H3,(H2,63,77)(H,64,78)(H,65,82)(H,66,83)(H,67,84)(H,68,88)(H,69,87)(H,70,81)(H,71,86)(H,72,85)(H,79,80)(H,89,90)/t32-,33+,41-,42-,43-,44-,45-,46-,47-,51-,52-/m0/s1. The van der Waals surface area contributed by atoms with Gasteiger partial charge in [0.2, 0.25) is 59.1 Å². The number of nitrogens with two attached hydrogens (primary N) is 2. The molecule has 4 aromatic rings. The van der Waals surface area contributed by atoms with E-state index in [9.17, 15) is 88.2 Å². The topological polar surface area (TPSA) is 487 Å². The molecule has 0 fully saturated rings. The number of carbonyl (C=O) groups excluding carboxylic acids is 10. The van der Waals surface area contributed by atoms with E-state index in [1.165, 1.54) is 91.5 Å². The molecule has 91 heavy (non-hydrogen) atoms. The molecular formula is C61H79N11O18S. The Balaban J connectivity index is 1.67. The van der Waals surface area contributed by atoms with Crippen LogP contribution in [-0.4, -0.2) is 181 Å². The molecule has 19 N–H and O–H groups in total. The molecule has 0 bridgehead atoms. The first kappa shape index (κ1) is 73.7. The van der Waals surface area contributed by atoms with Gasteiger partial charge in [-0.25, -0.2) is 4.79 Å². The number of phenolic OH excluding ortho intramolecular Hbond substituents is 3. The largest absolute Gasteiger partial charge is 0.508 e. The van der Waals surface area contributed by atoms with Gasteiger partial charge in [-0.2, -0.15) is 11.8 Å². The Morgan fingerprint density at radius 3 is 1.20 bits per heavy atom. The average molecular weight is 1290 g/mol. The molecule has 0 radical (unpaired) electrons. The Kier molecular flexibility index (Phi) is 29.6. The number of hydrogen-bond donors (Lipinski definition) is 17. The molecule has 4 aromatic carbocycles. The Morgan fingerprint density at radius 2 is 0.802 bits per heavy atom. The third-order valence-electron chi connectivity index (χ3n) is 14.3. The van der Waals surface area contributed by atoms with Crippen LogP contribution < -0.4 is 59.3 Å². The second-order valence-electron chi connectivity index (χ2n) is 21.5. The van der Waals surface area contributed by atoms with Crippen LogP contribution >= 0.6 is 11.8 Å². The van der Waals surface area contributed by atoms with Gasteiger partial charge in [-0.3, -0.25) is 52.7 Å².